The van der Waals surface area contributed by atoms with E-state index in [1.165, 1.54) is 0 Å². The van der Waals surface area contributed by atoms with Gasteiger partial charge in [0.2, 0.25) is 6.79 Å². The van der Waals surface area contributed by atoms with E-state index in [1.807, 2.05) is 6.92 Å². The molecule has 4 aliphatic carbocycles. The summed E-state index contributed by atoms with van der Waals surface area (Å²) in [5, 5.41) is 0. The maximum Gasteiger partial charge on any atom is 0.320 e. The summed E-state index contributed by atoms with van der Waals surface area (Å²) in [5.74, 6) is 2.44. The Balaban J connectivity index is 1.50. The molecule has 44 heavy (non-hydrogen) atoms. The monoisotopic (exact) mass is 724 g/mol. The Morgan fingerprint density at radius 2 is 1.91 bits per heavy atom. The van der Waals surface area contributed by atoms with Crippen LogP contribution in [-0.4, -0.2) is 60.7 Å². The van der Waals surface area contributed by atoms with E-state index < -0.39 is 46.7 Å². The summed E-state index contributed by atoms with van der Waals surface area (Å²) in [7, 11) is 0. The fourth-order valence-electron chi connectivity index (χ4n) is 9.79. The first-order chi connectivity index (χ1) is 20.7. The second-order valence-electron chi connectivity index (χ2n) is 15.2. The van der Waals surface area contributed by atoms with Crippen LogP contribution in [0.2, 0.25) is 0 Å². The summed E-state index contributed by atoms with van der Waals surface area (Å²) < 4.78 is 30.4. The van der Waals surface area contributed by atoms with Crippen molar-refractivity contribution in [2.75, 3.05) is 20.0 Å². The molecule has 5 rings (SSSR count). The predicted octanol–water partition coefficient (Wildman–Crippen LogP) is 5.89. The first-order valence-corrected chi connectivity index (χ1v) is 17.4. The Morgan fingerprint density at radius 3 is 2.52 bits per heavy atom. The average molecular weight is 725 g/mol. The minimum Gasteiger partial charge on any atom is -0.427 e. The minimum absolute atomic E-state index is 0.0118. The van der Waals surface area contributed by atoms with Gasteiger partial charge in [0.1, 0.15) is 18.3 Å². The third-order valence-electron chi connectivity index (χ3n) is 11.6. The summed E-state index contributed by atoms with van der Waals surface area (Å²) in [6.07, 6.45) is 11.8. The third kappa shape index (κ3) is 5.00. The molecule has 1 aliphatic heterocycles. The highest BCUT2D eigenvalue weighted by Gasteiger charge is 2.84. The number of esters is 2. The molecule has 0 N–H and O–H groups in total. The number of carbonyl (C=O) groups is 3. The highest BCUT2D eigenvalue weighted by molar-refractivity contribution is 14.1. The molecule has 0 aromatic heterocycles. The Morgan fingerprint density at radius 1 is 1.18 bits per heavy atom. The first kappa shape index (κ1) is 33.9. The molecule has 11 atom stereocenters. The normalized spacial score (nSPS) is 42.4. The second kappa shape index (κ2) is 12.3. The lowest BCUT2D eigenvalue weighted by atomic mass is 9.43. The van der Waals surface area contributed by atoms with Gasteiger partial charge < -0.3 is 28.5 Å². The quantitative estimate of drug-likeness (QED) is 0.0524. The van der Waals surface area contributed by atoms with Crippen LogP contribution < -0.4 is 0 Å². The summed E-state index contributed by atoms with van der Waals surface area (Å²) in [5.41, 5.74) is -2.57. The molecule has 8 nitrogen and oxygen atoms in total. The summed E-state index contributed by atoms with van der Waals surface area (Å²) >= 11 is 2.38. The molecule has 0 spiro atoms. The Hall–Kier alpha value is -1.48. The molecule has 1 saturated heterocycles. The van der Waals surface area contributed by atoms with Crippen LogP contribution in [0.4, 0.5) is 0 Å². The smallest absolute Gasteiger partial charge is 0.320 e. The fraction of sp³-hybridized carbons (Fsp3) is 0.800. The molecule has 244 valence electrons. The van der Waals surface area contributed by atoms with Crippen molar-refractivity contribution >= 4 is 40.8 Å². The summed E-state index contributed by atoms with van der Waals surface area (Å²) in [4.78, 5) is 40.9. The molecule has 0 aromatic rings. The lowest BCUT2D eigenvalue weighted by molar-refractivity contribution is -0.245. The molecule has 3 saturated carbocycles. The zero-order valence-corrected chi connectivity index (χ0v) is 29.4. The maximum atomic E-state index is 14.8. The number of alkyl halides is 1. The van der Waals surface area contributed by atoms with E-state index in [4.69, 9.17) is 30.1 Å². The van der Waals surface area contributed by atoms with Crippen LogP contribution in [-0.2, 0) is 38.1 Å². The Labute approximate surface area is 276 Å². The molecule has 1 unspecified atom stereocenters. The van der Waals surface area contributed by atoms with E-state index in [9.17, 15) is 14.4 Å². The second-order valence-corrected chi connectivity index (χ2v) is 16.8. The Bertz CT molecular complexity index is 1200. The maximum absolute atomic E-state index is 14.8. The van der Waals surface area contributed by atoms with Crippen LogP contribution in [0.3, 0.4) is 0 Å². The highest BCUT2D eigenvalue weighted by atomic mass is 127. The van der Waals surface area contributed by atoms with Gasteiger partial charge in [0.15, 0.2) is 6.29 Å². The van der Waals surface area contributed by atoms with E-state index in [0.29, 0.717) is 24.7 Å². The van der Waals surface area contributed by atoms with Gasteiger partial charge in [0.05, 0.1) is 29.6 Å². The van der Waals surface area contributed by atoms with E-state index in [0.717, 1.165) is 31.1 Å². The number of aldehydes is 1. The third-order valence-corrected chi connectivity index (χ3v) is 12.8. The van der Waals surface area contributed by atoms with Crippen molar-refractivity contribution in [1.29, 1.82) is 0 Å². The van der Waals surface area contributed by atoms with Crippen LogP contribution in [0.1, 0.15) is 80.6 Å². The SMILES string of the molecule is C#CCO[C@H]1C(I)C[C@H](OC[C@@]23C[C@@H]4[C@H](C)CC[C@H]4[C@@]4(C=O)C[C@@H]2C=C(C(C)C)[C@@]34C(=O)OCOC(=O)C(C)(C)C)O[C@@H]1C. The molecule has 0 amide bonds. The van der Waals surface area contributed by atoms with Crippen LogP contribution in [0.15, 0.2) is 11.6 Å². The molecule has 9 heteroatoms. The van der Waals surface area contributed by atoms with Crippen molar-refractivity contribution in [1.82, 2.24) is 0 Å². The number of allylic oxidation sites excluding steroid dienone is 1. The van der Waals surface area contributed by atoms with Crippen molar-refractivity contribution < 1.29 is 38.1 Å². The number of hydrogen-bond acceptors (Lipinski definition) is 8. The van der Waals surface area contributed by atoms with E-state index in [-0.39, 0.29) is 47.1 Å². The van der Waals surface area contributed by atoms with Gasteiger partial charge in [-0.05, 0) is 76.5 Å². The number of fused-ring (bicyclic) bond motifs is 2. The number of halogens is 1. The molecule has 1 heterocycles. The average Bonchev–Trinajstić information content (AvgIpc) is 3.52. The minimum atomic E-state index is -1.21. The summed E-state index contributed by atoms with van der Waals surface area (Å²) in [6, 6.07) is 0. The van der Waals surface area contributed by atoms with E-state index in [1.54, 1.807) is 20.8 Å². The van der Waals surface area contributed by atoms with Crippen LogP contribution in [0.5, 0.6) is 0 Å². The molecular formula is C35H49IO8. The first-order valence-electron chi connectivity index (χ1n) is 16.2. The van der Waals surface area contributed by atoms with Gasteiger partial charge in [-0.25, -0.2) is 0 Å². The van der Waals surface area contributed by atoms with Crippen LogP contribution >= 0.6 is 22.6 Å². The van der Waals surface area contributed by atoms with Crippen molar-refractivity contribution in [3.8, 4) is 12.3 Å². The standard InChI is InChI=1S/C35H49IO8/c1-9-12-40-29-22(5)44-28(14-27(29)36)41-18-34-16-24-21(4)10-11-25(24)33(17-37)15-23(34)13-26(20(2)3)35(33,34)31(39)43-19-42-30(38)32(6,7)8/h1,13,17,20-25,27-29H,10-12,14-16,18-19H2,2-8H3/t21-,22-,23+,24-,25-,27?,28-,29-,33+,34+,35+/m1/s1. The topological polar surface area (TPSA) is 97.4 Å². The molecule has 4 fully saturated rings. The Kier molecular flexibility index (Phi) is 9.45. The lowest BCUT2D eigenvalue weighted by Gasteiger charge is -2.59. The van der Waals surface area contributed by atoms with Crippen LogP contribution in [0, 0.1) is 63.6 Å². The van der Waals surface area contributed by atoms with Gasteiger partial charge >= 0.3 is 11.9 Å². The molecule has 0 aromatic carbocycles. The molecular weight excluding hydrogens is 675 g/mol. The van der Waals surface area contributed by atoms with Crippen molar-refractivity contribution in [3.63, 3.8) is 0 Å². The van der Waals surface area contributed by atoms with Gasteiger partial charge in [-0.2, -0.15) is 0 Å². The van der Waals surface area contributed by atoms with Gasteiger partial charge in [0.25, 0.3) is 0 Å². The highest BCUT2D eigenvalue weighted by Crippen LogP contribution is 2.82. The zero-order chi connectivity index (χ0) is 32.2. The molecule has 5 aliphatic rings. The van der Waals surface area contributed by atoms with Crippen molar-refractivity contribution in [3.05, 3.63) is 11.6 Å². The van der Waals surface area contributed by atoms with Crippen molar-refractivity contribution in [2.24, 2.45) is 51.2 Å². The number of terminal acetylenes is 1. The van der Waals surface area contributed by atoms with E-state index in [2.05, 4.69) is 55.4 Å². The molecule has 0 radical (unpaired) electrons. The van der Waals surface area contributed by atoms with Crippen molar-refractivity contribution in [2.45, 2.75) is 103 Å². The van der Waals surface area contributed by atoms with Gasteiger partial charge in [-0.1, -0.05) is 67.4 Å². The number of ether oxygens (including phenoxy) is 5. The number of carbonyl (C=O) groups excluding carboxylic acids is 3. The molecule has 4 bridgehead atoms. The zero-order valence-electron chi connectivity index (χ0n) is 27.2. The number of hydrogen-bond donors (Lipinski definition) is 0. The summed E-state index contributed by atoms with van der Waals surface area (Å²) in [6.45, 7) is 13.7. The van der Waals surface area contributed by atoms with Crippen LogP contribution in [0.25, 0.3) is 0 Å². The predicted molar refractivity (Wildman–Crippen MR) is 172 cm³/mol. The van der Waals surface area contributed by atoms with Gasteiger partial charge in [-0.3, -0.25) is 9.59 Å². The van der Waals surface area contributed by atoms with Gasteiger partial charge in [-0.15, -0.1) is 6.42 Å². The largest absolute Gasteiger partial charge is 0.427 e. The van der Waals surface area contributed by atoms with Gasteiger partial charge in [0, 0.05) is 15.8 Å². The fourth-order valence-corrected chi connectivity index (χ4v) is 11.0. The van der Waals surface area contributed by atoms with E-state index >= 15 is 0 Å². The number of rotatable bonds is 10. The lowest BCUT2D eigenvalue weighted by Crippen LogP contribution is -2.64.